The SMILES string of the molecule is O=C(NNc1ccc(Br)cc1Cl)Nc1nncs1. The maximum atomic E-state index is 11.5. The van der Waals surface area contributed by atoms with Gasteiger partial charge in [0.1, 0.15) is 5.51 Å². The molecule has 2 aromatic rings. The van der Waals surface area contributed by atoms with Crippen LogP contribution in [0.25, 0.3) is 0 Å². The standard InChI is InChI=1S/C9H7BrClN5OS/c10-5-1-2-7(6(11)3-5)14-15-8(17)13-9-16-12-4-18-9/h1-4,14H,(H2,13,15,16,17). The van der Waals surface area contributed by atoms with Gasteiger partial charge in [-0.25, -0.2) is 4.79 Å². The number of nitrogens with zero attached hydrogens (tertiary/aromatic N) is 2. The van der Waals surface area contributed by atoms with Crippen LogP contribution in [0.5, 0.6) is 0 Å². The van der Waals surface area contributed by atoms with E-state index >= 15 is 0 Å². The third-order valence-corrected chi connectivity index (χ3v) is 3.23. The van der Waals surface area contributed by atoms with E-state index in [4.69, 9.17) is 11.6 Å². The zero-order chi connectivity index (χ0) is 13.0. The highest BCUT2D eigenvalue weighted by Crippen LogP contribution is 2.24. The maximum Gasteiger partial charge on any atom is 0.339 e. The first-order valence-corrected chi connectivity index (χ1v) is 6.74. The number of carbonyl (C=O) groups excluding carboxylic acids is 1. The van der Waals surface area contributed by atoms with Crippen molar-refractivity contribution in [3.05, 3.63) is 33.2 Å². The van der Waals surface area contributed by atoms with Gasteiger partial charge in [0.05, 0.1) is 10.7 Å². The van der Waals surface area contributed by atoms with Gasteiger partial charge >= 0.3 is 6.03 Å². The van der Waals surface area contributed by atoms with Crippen LogP contribution in [-0.2, 0) is 0 Å². The molecule has 18 heavy (non-hydrogen) atoms. The van der Waals surface area contributed by atoms with Crippen molar-refractivity contribution in [1.82, 2.24) is 15.6 Å². The second kappa shape index (κ2) is 5.98. The highest BCUT2D eigenvalue weighted by Gasteiger charge is 2.05. The van der Waals surface area contributed by atoms with Crippen LogP contribution in [0.2, 0.25) is 5.02 Å². The van der Waals surface area contributed by atoms with Crippen LogP contribution in [-0.4, -0.2) is 16.2 Å². The third-order valence-electron chi connectivity index (χ3n) is 1.82. The van der Waals surface area contributed by atoms with Crippen molar-refractivity contribution in [2.45, 2.75) is 0 Å². The Morgan fingerprint density at radius 1 is 1.44 bits per heavy atom. The lowest BCUT2D eigenvalue weighted by atomic mass is 10.3. The minimum atomic E-state index is -0.453. The van der Waals surface area contributed by atoms with Gasteiger partial charge in [0.15, 0.2) is 0 Å². The number of halogens is 2. The molecule has 0 aliphatic carbocycles. The lowest BCUT2D eigenvalue weighted by molar-refractivity contribution is 0.254. The lowest BCUT2D eigenvalue weighted by Crippen LogP contribution is -2.33. The van der Waals surface area contributed by atoms with E-state index in [1.807, 2.05) is 0 Å². The van der Waals surface area contributed by atoms with Crippen LogP contribution in [0.3, 0.4) is 0 Å². The predicted octanol–water partition coefficient (Wildman–Crippen LogP) is 3.10. The second-order valence-electron chi connectivity index (χ2n) is 3.07. The van der Waals surface area contributed by atoms with Crippen LogP contribution in [0.4, 0.5) is 15.6 Å². The van der Waals surface area contributed by atoms with E-state index in [1.165, 1.54) is 16.8 Å². The van der Waals surface area contributed by atoms with Gasteiger partial charge in [0, 0.05) is 4.47 Å². The maximum absolute atomic E-state index is 11.5. The van der Waals surface area contributed by atoms with Gasteiger partial charge in [0.2, 0.25) is 5.13 Å². The van der Waals surface area contributed by atoms with Crippen molar-refractivity contribution < 1.29 is 4.79 Å². The summed E-state index contributed by atoms with van der Waals surface area (Å²) in [7, 11) is 0. The first-order valence-electron chi connectivity index (χ1n) is 4.69. The number of anilines is 2. The van der Waals surface area contributed by atoms with Gasteiger partial charge in [-0.3, -0.25) is 16.2 Å². The summed E-state index contributed by atoms with van der Waals surface area (Å²) in [6.45, 7) is 0. The monoisotopic (exact) mass is 347 g/mol. The molecule has 3 N–H and O–H groups in total. The topological polar surface area (TPSA) is 78.9 Å². The van der Waals surface area contributed by atoms with Crippen LogP contribution >= 0.6 is 38.9 Å². The molecule has 0 aliphatic rings. The van der Waals surface area contributed by atoms with Gasteiger partial charge in [-0.15, -0.1) is 10.2 Å². The summed E-state index contributed by atoms with van der Waals surface area (Å²) in [6, 6.07) is 4.80. The quantitative estimate of drug-likeness (QED) is 0.745. The first-order chi connectivity index (χ1) is 8.65. The zero-order valence-electron chi connectivity index (χ0n) is 8.78. The first kappa shape index (κ1) is 13.1. The largest absolute Gasteiger partial charge is 0.339 e. The number of amides is 2. The second-order valence-corrected chi connectivity index (χ2v) is 5.23. The average molecular weight is 349 g/mol. The van der Waals surface area contributed by atoms with E-state index in [9.17, 15) is 4.79 Å². The number of urea groups is 1. The molecule has 1 aromatic heterocycles. The van der Waals surface area contributed by atoms with Crippen molar-refractivity contribution >= 4 is 55.7 Å². The summed E-state index contributed by atoms with van der Waals surface area (Å²) in [5.74, 6) is 0. The Hall–Kier alpha value is -1.38. The molecule has 0 unspecified atom stereocenters. The number of nitrogens with one attached hydrogen (secondary N) is 3. The fraction of sp³-hybridized carbons (Fsp3) is 0. The molecule has 2 amide bonds. The molecule has 0 atom stereocenters. The molecule has 1 heterocycles. The number of rotatable bonds is 3. The molecule has 2 rings (SSSR count). The zero-order valence-corrected chi connectivity index (χ0v) is 11.9. The van der Waals surface area contributed by atoms with E-state index in [0.29, 0.717) is 15.8 Å². The van der Waals surface area contributed by atoms with Gasteiger partial charge in [-0.1, -0.05) is 38.9 Å². The molecule has 0 fully saturated rings. The van der Waals surface area contributed by atoms with E-state index < -0.39 is 6.03 Å². The Kier molecular flexibility index (Phi) is 4.34. The Balaban J connectivity index is 1.89. The molecule has 94 valence electrons. The molecule has 0 spiro atoms. The van der Waals surface area contributed by atoms with Gasteiger partial charge in [-0.2, -0.15) is 0 Å². The molecule has 0 radical (unpaired) electrons. The van der Waals surface area contributed by atoms with E-state index in [2.05, 4.69) is 42.3 Å². The highest BCUT2D eigenvalue weighted by molar-refractivity contribution is 9.10. The molecular weight excluding hydrogens is 342 g/mol. The van der Waals surface area contributed by atoms with Crippen LogP contribution in [0.1, 0.15) is 0 Å². The van der Waals surface area contributed by atoms with E-state index in [1.54, 1.807) is 18.2 Å². The Morgan fingerprint density at radius 2 is 2.28 bits per heavy atom. The smallest absolute Gasteiger partial charge is 0.296 e. The summed E-state index contributed by atoms with van der Waals surface area (Å²) < 4.78 is 0.858. The third kappa shape index (κ3) is 3.56. The van der Waals surface area contributed by atoms with Gasteiger partial charge < -0.3 is 0 Å². The van der Waals surface area contributed by atoms with Crippen LogP contribution in [0.15, 0.2) is 28.2 Å². The fourth-order valence-electron chi connectivity index (χ4n) is 1.07. The molecule has 0 saturated carbocycles. The molecule has 1 aromatic carbocycles. The summed E-state index contributed by atoms with van der Waals surface area (Å²) >= 11 is 10.5. The molecule has 6 nitrogen and oxygen atoms in total. The lowest BCUT2D eigenvalue weighted by Gasteiger charge is -2.09. The van der Waals surface area contributed by atoms with Crippen molar-refractivity contribution in [1.29, 1.82) is 0 Å². The highest BCUT2D eigenvalue weighted by atomic mass is 79.9. The predicted molar refractivity (Wildman–Crippen MR) is 74.8 cm³/mol. The van der Waals surface area contributed by atoms with Crippen molar-refractivity contribution in [3.8, 4) is 0 Å². The average Bonchev–Trinajstić information content (AvgIpc) is 2.80. The molecule has 9 heteroatoms. The number of hydrogen-bond acceptors (Lipinski definition) is 5. The number of hydrogen-bond donors (Lipinski definition) is 3. The fourth-order valence-corrected chi connectivity index (χ4v) is 2.23. The summed E-state index contributed by atoms with van der Waals surface area (Å²) in [4.78, 5) is 11.5. The Bertz CT molecular complexity index is 550. The Labute approximate surface area is 120 Å². The minimum Gasteiger partial charge on any atom is -0.296 e. The van der Waals surface area contributed by atoms with Crippen LogP contribution in [0, 0.1) is 0 Å². The number of carbonyl (C=O) groups is 1. The van der Waals surface area contributed by atoms with Gasteiger partial charge in [-0.05, 0) is 18.2 Å². The minimum absolute atomic E-state index is 0.413. The number of hydrazine groups is 1. The molecule has 0 bridgehead atoms. The number of benzene rings is 1. The van der Waals surface area contributed by atoms with E-state index in [0.717, 1.165) is 4.47 Å². The normalized spacial score (nSPS) is 9.89. The summed E-state index contributed by atoms with van der Waals surface area (Å²) in [5.41, 5.74) is 7.24. The molecule has 0 aliphatic heterocycles. The molecule has 0 saturated heterocycles. The van der Waals surface area contributed by atoms with Crippen molar-refractivity contribution in [2.75, 3.05) is 10.7 Å². The number of aromatic nitrogens is 2. The van der Waals surface area contributed by atoms with Crippen molar-refractivity contribution in [3.63, 3.8) is 0 Å². The van der Waals surface area contributed by atoms with Crippen LogP contribution < -0.4 is 16.2 Å². The van der Waals surface area contributed by atoms with Crippen molar-refractivity contribution in [2.24, 2.45) is 0 Å². The Morgan fingerprint density at radius 3 is 2.94 bits per heavy atom. The molecular formula is C9H7BrClN5OS. The summed E-state index contributed by atoms with van der Waals surface area (Å²) in [5, 5.41) is 10.7. The summed E-state index contributed by atoms with van der Waals surface area (Å²) in [6.07, 6.45) is 0. The van der Waals surface area contributed by atoms with E-state index in [-0.39, 0.29) is 0 Å². The van der Waals surface area contributed by atoms with Gasteiger partial charge in [0.25, 0.3) is 0 Å².